The van der Waals surface area contributed by atoms with Crippen molar-refractivity contribution in [2.45, 2.75) is 13.0 Å². The van der Waals surface area contributed by atoms with Crippen molar-refractivity contribution in [3.05, 3.63) is 81.3 Å². The van der Waals surface area contributed by atoms with Gasteiger partial charge in [-0.05, 0) is 59.2 Å². The normalized spacial score (nSPS) is 13.4. The molecule has 8 heteroatoms. The van der Waals surface area contributed by atoms with E-state index in [-0.39, 0.29) is 17.9 Å². The third kappa shape index (κ3) is 4.65. The number of hydrogen-bond acceptors (Lipinski definition) is 6. The molecule has 2 amide bonds. The number of rotatable bonds is 6. The highest BCUT2D eigenvalue weighted by molar-refractivity contribution is 7.08. The summed E-state index contributed by atoms with van der Waals surface area (Å²) < 4.78 is 0. The molecule has 5 N–H and O–H groups in total. The molecular weight excluding hydrogens is 410 g/mol. The summed E-state index contributed by atoms with van der Waals surface area (Å²) in [7, 11) is 0. The zero-order chi connectivity index (χ0) is 21.8. The molecule has 3 aromatic rings. The summed E-state index contributed by atoms with van der Waals surface area (Å²) in [4.78, 5) is 29.7. The summed E-state index contributed by atoms with van der Waals surface area (Å²) in [5, 5.41) is 13.0. The van der Waals surface area contributed by atoms with Crippen LogP contribution in [-0.4, -0.2) is 29.9 Å². The van der Waals surface area contributed by atoms with E-state index >= 15 is 0 Å². The van der Waals surface area contributed by atoms with Gasteiger partial charge in [-0.1, -0.05) is 6.07 Å². The smallest absolute Gasteiger partial charge is 0.253 e. The number of anilines is 2. The van der Waals surface area contributed by atoms with E-state index in [0.29, 0.717) is 29.9 Å². The van der Waals surface area contributed by atoms with Crippen LogP contribution in [0.3, 0.4) is 0 Å². The molecule has 0 saturated carbocycles. The summed E-state index contributed by atoms with van der Waals surface area (Å²) >= 11 is 1.56. The van der Waals surface area contributed by atoms with Crippen LogP contribution in [0.4, 0.5) is 11.4 Å². The van der Waals surface area contributed by atoms with Gasteiger partial charge in [0.15, 0.2) is 0 Å². The van der Waals surface area contributed by atoms with Crippen LogP contribution in [0, 0.1) is 6.92 Å². The third-order valence-electron chi connectivity index (χ3n) is 5.18. The molecular formula is C23H23N5O2S. The molecule has 1 unspecified atom stereocenters. The fourth-order valence-electron chi connectivity index (χ4n) is 3.35. The van der Waals surface area contributed by atoms with Crippen LogP contribution >= 0.6 is 11.3 Å². The average Bonchev–Trinajstić information content (AvgIpc) is 3.33. The molecule has 0 aliphatic carbocycles. The first kappa shape index (κ1) is 20.8. The Bertz CT molecular complexity index is 1140. The number of nitrogens with two attached hydrogens (primary N) is 1. The Morgan fingerprint density at radius 3 is 2.90 bits per heavy atom. The minimum Gasteiger partial charge on any atom is -0.380 e. The van der Waals surface area contributed by atoms with E-state index in [9.17, 15) is 9.59 Å². The predicted octanol–water partition coefficient (Wildman–Crippen LogP) is 3.33. The largest absolute Gasteiger partial charge is 0.380 e. The van der Waals surface area contributed by atoms with Gasteiger partial charge in [-0.2, -0.15) is 11.3 Å². The maximum absolute atomic E-state index is 12.8. The summed E-state index contributed by atoms with van der Waals surface area (Å²) in [6.45, 7) is 2.61. The first-order chi connectivity index (χ1) is 15.0. The van der Waals surface area contributed by atoms with E-state index in [1.165, 1.54) is 0 Å². The zero-order valence-electron chi connectivity index (χ0n) is 17.0. The molecule has 3 heterocycles. The standard InChI is InChI=1S/C23H23N5O2S/c1-14-2-3-15(22(29)28-21(10-24)16-5-7-31-13-16)9-20(14)27-23(30)18-8-17-11-25-6-4-19(17)26-12-18/h2-9,11,13,21,26H,10,12,24H2,1H3,(H,27,30)(H,28,29). The van der Waals surface area contributed by atoms with Crippen molar-refractivity contribution in [1.82, 2.24) is 10.3 Å². The first-order valence-corrected chi connectivity index (χ1v) is 10.8. The molecule has 1 aliphatic rings. The molecule has 1 aliphatic heterocycles. The van der Waals surface area contributed by atoms with Crippen LogP contribution in [0.25, 0.3) is 6.08 Å². The molecule has 0 fully saturated rings. The lowest BCUT2D eigenvalue weighted by Gasteiger charge is -2.19. The Balaban J connectivity index is 1.50. The summed E-state index contributed by atoms with van der Waals surface area (Å²) in [6, 6.07) is 8.81. The molecule has 1 atom stereocenters. The topological polar surface area (TPSA) is 109 Å². The van der Waals surface area contributed by atoms with Gasteiger partial charge in [-0.25, -0.2) is 0 Å². The molecule has 7 nitrogen and oxygen atoms in total. The Kier molecular flexibility index (Phi) is 6.11. The summed E-state index contributed by atoms with van der Waals surface area (Å²) in [5.41, 5.74) is 11.1. The van der Waals surface area contributed by atoms with Crippen molar-refractivity contribution in [3.63, 3.8) is 0 Å². The van der Waals surface area contributed by atoms with E-state index in [1.54, 1.807) is 35.9 Å². The van der Waals surface area contributed by atoms with Gasteiger partial charge < -0.3 is 21.7 Å². The fraction of sp³-hybridized carbons (Fsp3) is 0.174. The van der Waals surface area contributed by atoms with Gasteiger partial charge in [0.25, 0.3) is 11.8 Å². The highest BCUT2D eigenvalue weighted by atomic mass is 32.1. The number of benzene rings is 1. The van der Waals surface area contributed by atoms with Gasteiger partial charge in [0.1, 0.15) is 0 Å². The van der Waals surface area contributed by atoms with Crippen molar-refractivity contribution in [2.24, 2.45) is 5.73 Å². The molecule has 0 bridgehead atoms. The number of thiophene rings is 1. The molecule has 0 radical (unpaired) electrons. The quantitative estimate of drug-likeness (QED) is 0.477. The molecule has 1 aromatic carbocycles. The summed E-state index contributed by atoms with van der Waals surface area (Å²) in [5.74, 6) is -0.462. The number of carbonyl (C=O) groups excluding carboxylic acids is 2. The van der Waals surface area contributed by atoms with E-state index < -0.39 is 0 Å². The molecule has 0 spiro atoms. The van der Waals surface area contributed by atoms with Crippen LogP contribution in [0.5, 0.6) is 0 Å². The van der Waals surface area contributed by atoms with E-state index in [0.717, 1.165) is 22.4 Å². The van der Waals surface area contributed by atoms with Crippen LogP contribution in [-0.2, 0) is 4.79 Å². The van der Waals surface area contributed by atoms with E-state index in [1.807, 2.05) is 42.0 Å². The maximum atomic E-state index is 12.8. The van der Waals surface area contributed by atoms with Crippen molar-refractivity contribution < 1.29 is 9.59 Å². The zero-order valence-corrected chi connectivity index (χ0v) is 17.8. The number of aryl methyl sites for hydroxylation is 1. The van der Waals surface area contributed by atoms with E-state index in [4.69, 9.17) is 5.73 Å². The van der Waals surface area contributed by atoms with Crippen molar-refractivity contribution in [3.8, 4) is 0 Å². The number of carbonyl (C=O) groups is 2. The lowest BCUT2D eigenvalue weighted by atomic mass is 10.0. The van der Waals surface area contributed by atoms with Crippen LogP contribution in [0.15, 0.2) is 59.1 Å². The lowest BCUT2D eigenvalue weighted by Crippen LogP contribution is -2.33. The highest BCUT2D eigenvalue weighted by Gasteiger charge is 2.19. The second kappa shape index (κ2) is 9.11. The van der Waals surface area contributed by atoms with Gasteiger partial charge >= 0.3 is 0 Å². The number of amides is 2. The number of aromatic nitrogens is 1. The average molecular weight is 434 g/mol. The number of fused-ring (bicyclic) bond motifs is 1. The number of nitrogens with zero attached hydrogens (tertiary/aromatic N) is 1. The second-order valence-corrected chi connectivity index (χ2v) is 8.07. The van der Waals surface area contributed by atoms with Gasteiger partial charge in [-0.15, -0.1) is 0 Å². The highest BCUT2D eigenvalue weighted by Crippen LogP contribution is 2.24. The Morgan fingerprint density at radius 2 is 2.13 bits per heavy atom. The Hall–Kier alpha value is -3.49. The van der Waals surface area contributed by atoms with Crippen molar-refractivity contribution in [2.75, 3.05) is 23.7 Å². The summed E-state index contributed by atoms with van der Waals surface area (Å²) in [6.07, 6.45) is 5.25. The lowest BCUT2D eigenvalue weighted by molar-refractivity contribution is -0.112. The molecule has 0 saturated heterocycles. The monoisotopic (exact) mass is 433 g/mol. The minimum absolute atomic E-state index is 0.222. The van der Waals surface area contributed by atoms with Crippen LogP contribution < -0.4 is 21.7 Å². The number of nitrogens with one attached hydrogen (secondary N) is 3. The van der Waals surface area contributed by atoms with Gasteiger partial charge in [0, 0.05) is 53.6 Å². The minimum atomic E-state index is -0.259. The maximum Gasteiger partial charge on any atom is 0.253 e. The number of hydrogen-bond donors (Lipinski definition) is 4. The third-order valence-corrected chi connectivity index (χ3v) is 5.88. The van der Waals surface area contributed by atoms with Gasteiger partial charge in [0.05, 0.1) is 6.04 Å². The first-order valence-electron chi connectivity index (χ1n) is 9.88. The van der Waals surface area contributed by atoms with Gasteiger partial charge in [0.2, 0.25) is 0 Å². The van der Waals surface area contributed by atoms with Crippen LogP contribution in [0.1, 0.15) is 33.1 Å². The SMILES string of the molecule is Cc1ccc(C(=O)NC(CN)c2ccsc2)cc1NC(=O)C1=Cc2cnccc2NC1. The number of pyridine rings is 1. The van der Waals surface area contributed by atoms with Crippen molar-refractivity contribution >= 4 is 40.6 Å². The predicted molar refractivity (Wildman–Crippen MR) is 124 cm³/mol. The van der Waals surface area contributed by atoms with Gasteiger partial charge in [-0.3, -0.25) is 14.6 Å². The van der Waals surface area contributed by atoms with E-state index in [2.05, 4.69) is 20.9 Å². The van der Waals surface area contributed by atoms with Crippen molar-refractivity contribution in [1.29, 1.82) is 0 Å². The molecule has 31 heavy (non-hydrogen) atoms. The Labute approximate surface area is 184 Å². The Morgan fingerprint density at radius 1 is 1.26 bits per heavy atom. The molecule has 158 valence electrons. The molecule has 4 rings (SSSR count). The second-order valence-electron chi connectivity index (χ2n) is 7.29. The molecule has 2 aromatic heterocycles. The fourth-order valence-corrected chi connectivity index (χ4v) is 4.07. The van der Waals surface area contributed by atoms with Crippen LogP contribution in [0.2, 0.25) is 0 Å².